The van der Waals surface area contributed by atoms with Crippen molar-refractivity contribution in [2.75, 3.05) is 17.7 Å². The largest absolute Gasteiger partial charge is 0.347 e. The van der Waals surface area contributed by atoms with Crippen LogP contribution < -0.4 is 4.90 Å². The van der Waals surface area contributed by atoms with Crippen molar-refractivity contribution in [1.82, 2.24) is 4.98 Å². The van der Waals surface area contributed by atoms with Gasteiger partial charge in [-0.1, -0.05) is 62.0 Å². The standard InChI is InChI=1S/C24H24N2OS/c1-16-13-23(25-20-11-7-5-9-18(16)20)28-15-17(27)14-22-24(2,3)19-10-6-8-12-21(19)26(22)4/h5-14H,15H2,1-4H3/b22-14+. The lowest BCUT2D eigenvalue weighted by Crippen LogP contribution is -2.24. The van der Waals surface area contributed by atoms with Crippen molar-refractivity contribution < 1.29 is 4.79 Å². The molecule has 0 fully saturated rings. The summed E-state index contributed by atoms with van der Waals surface area (Å²) in [7, 11) is 2.04. The second-order valence-electron chi connectivity index (χ2n) is 7.78. The Morgan fingerprint density at radius 2 is 1.86 bits per heavy atom. The summed E-state index contributed by atoms with van der Waals surface area (Å²) >= 11 is 1.50. The van der Waals surface area contributed by atoms with Crippen LogP contribution in [0, 0.1) is 6.92 Å². The molecule has 0 amide bonds. The summed E-state index contributed by atoms with van der Waals surface area (Å²) < 4.78 is 0. The van der Waals surface area contributed by atoms with Gasteiger partial charge in [-0.25, -0.2) is 4.98 Å². The molecule has 0 saturated carbocycles. The van der Waals surface area contributed by atoms with Crippen molar-refractivity contribution in [1.29, 1.82) is 0 Å². The molecule has 142 valence electrons. The van der Waals surface area contributed by atoms with E-state index in [1.807, 2.05) is 31.3 Å². The van der Waals surface area contributed by atoms with Crippen LogP contribution in [0.4, 0.5) is 5.69 Å². The number of aromatic nitrogens is 1. The van der Waals surface area contributed by atoms with E-state index in [4.69, 9.17) is 4.98 Å². The number of allylic oxidation sites excluding steroid dienone is 2. The molecule has 2 heterocycles. The molecular formula is C24H24N2OS. The van der Waals surface area contributed by atoms with E-state index >= 15 is 0 Å². The van der Waals surface area contributed by atoms with E-state index < -0.39 is 0 Å². The number of ketones is 1. The molecule has 1 aliphatic heterocycles. The predicted octanol–water partition coefficient (Wildman–Crippen LogP) is 5.52. The highest BCUT2D eigenvalue weighted by Crippen LogP contribution is 2.46. The maximum Gasteiger partial charge on any atom is 0.167 e. The third kappa shape index (κ3) is 3.22. The summed E-state index contributed by atoms with van der Waals surface area (Å²) in [6.45, 7) is 6.44. The average Bonchev–Trinajstić information content (AvgIpc) is 2.88. The molecule has 0 bridgehead atoms. The quantitative estimate of drug-likeness (QED) is 0.435. The fraction of sp³-hybridized carbons (Fsp3) is 0.250. The van der Waals surface area contributed by atoms with E-state index in [0.717, 1.165) is 21.6 Å². The number of benzene rings is 2. The van der Waals surface area contributed by atoms with Crippen molar-refractivity contribution in [3.63, 3.8) is 0 Å². The number of nitrogens with zero attached hydrogens (tertiary/aromatic N) is 2. The Hall–Kier alpha value is -2.59. The van der Waals surface area contributed by atoms with Crippen LogP contribution in [0.2, 0.25) is 0 Å². The van der Waals surface area contributed by atoms with Gasteiger partial charge in [0.2, 0.25) is 0 Å². The lowest BCUT2D eigenvalue weighted by atomic mass is 9.83. The number of anilines is 1. The Balaban J connectivity index is 1.54. The first kappa shape index (κ1) is 18.8. The fourth-order valence-electron chi connectivity index (χ4n) is 3.99. The van der Waals surface area contributed by atoms with E-state index in [1.54, 1.807) is 6.08 Å². The minimum Gasteiger partial charge on any atom is -0.347 e. The molecule has 28 heavy (non-hydrogen) atoms. The van der Waals surface area contributed by atoms with Crippen LogP contribution in [-0.2, 0) is 10.2 Å². The first-order chi connectivity index (χ1) is 13.4. The molecule has 2 aromatic carbocycles. The zero-order valence-electron chi connectivity index (χ0n) is 16.7. The zero-order valence-corrected chi connectivity index (χ0v) is 17.5. The minimum absolute atomic E-state index is 0.111. The average molecular weight is 389 g/mol. The van der Waals surface area contributed by atoms with Gasteiger partial charge in [-0.3, -0.25) is 4.79 Å². The number of pyridine rings is 1. The second kappa shape index (κ2) is 7.10. The third-order valence-corrected chi connectivity index (χ3v) is 6.43. The fourth-order valence-corrected chi connectivity index (χ4v) is 4.79. The number of likely N-dealkylation sites (N-methyl/N-ethyl adjacent to an activating group) is 1. The van der Waals surface area contributed by atoms with Crippen LogP contribution in [0.25, 0.3) is 10.9 Å². The van der Waals surface area contributed by atoms with E-state index in [9.17, 15) is 4.79 Å². The SMILES string of the molecule is Cc1cc(SCC(=O)/C=C2/N(C)c3ccccc3C2(C)C)nc2ccccc12. The molecule has 4 heteroatoms. The van der Waals surface area contributed by atoms with Crippen molar-refractivity contribution >= 4 is 34.1 Å². The van der Waals surface area contributed by atoms with E-state index in [1.165, 1.54) is 28.6 Å². The Labute approximate surface area is 170 Å². The number of hydrogen-bond donors (Lipinski definition) is 0. The monoisotopic (exact) mass is 388 g/mol. The maximum atomic E-state index is 12.8. The predicted molar refractivity (Wildman–Crippen MR) is 118 cm³/mol. The third-order valence-electron chi connectivity index (χ3n) is 5.50. The molecule has 3 aromatic rings. The van der Waals surface area contributed by atoms with Crippen molar-refractivity contribution in [2.24, 2.45) is 0 Å². The molecule has 0 unspecified atom stereocenters. The van der Waals surface area contributed by atoms with Crippen molar-refractivity contribution in [3.8, 4) is 0 Å². The van der Waals surface area contributed by atoms with Crippen LogP contribution in [0.3, 0.4) is 0 Å². The Bertz CT molecular complexity index is 1100. The number of fused-ring (bicyclic) bond motifs is 2. The van der Waals surface area contributed by atoms with Crippen LogP contribution in [0.5, 0.6) is 0 Å². The van der Waals surface area contributed by atoms with Crippen molar-refractivity contribution in [3.05, 3.63) is 77.5 Å². The number of thioether (sulfide) groups is 1. The molecule has 3 nitrogen and oxygen atoms in total. The van der Waals surface area contributed by atoms with Crippen LogP contribution in [0.1, 0.15) is 25.0 Å². The lowest BCUT2D eigenvalue weighted by Gasteiger charge is -2.23. The van der Waals surface area contributed by atoms with Gasteiger partial charge >= 0.3 is 0 Å². The van der Waals surface area contributed by atoms with Gasteiger partial charge in [0, 0.05) is 35.3 Å². The second-order valence-corrected chi connectivity index (χ2v) is 8.78. The number of rotatable bonds is 4. The zero-order chi connectivity index (χ0) is 19.9. The summed E-state index contributed by atoms with van der Waals surface area (Å²) in [4.78, 5) is 19.6. The van der Waals surface area contributed by atoms with E-state index in [-0.39, 0.29) is 11.2 Å². The van der Waals surface area contributed by atoms with Gasteiger partial charge in [0.05, 0.1) is 16.3 Å². The van der Waals surface area contributed by atoms with Gasteiger partial charge in [-0.2, -0.15) is 0 Å². The van der Waals surface area contributed by atoms with Gasteiger partial charge in [-0.15, -0.1) is 0 Å². The highest BCUT2D eigenvalue weighted by molar-refractivity contribution is 7.99. The Morgan fingerprint density at radius 3 is 2.64 bits per heavy atom. The summed E-state index contributed by atoms with van der Waals surface area (Å²) in [5.74, 6) is 0.495. The number of carbonyl (C=O) groups excluding carboxylic acids is 1. The molecule has 0 spiro atoms. The molecule has 0 aliphatic carbocycles. The molecule has 0 saturated heterocycles. The van der Waals surface area contributed by atoms with Crippen LogP contribution >= 0.6 is 11.8 Å². The lowest BCUT2D eigenvalue weighted by molar-refractivity contribution is -0.112. The molecular weight excluding hydrogens is 364 g/mol. The summed E-state index contributed by atoms with van der Waals surface area (Å²) in [6, 6.07) is 18.5. The first-order valence-corrected chi connectivity index (χ1v) is 10.4. The molecule has 1 aromatic heterocycles. The van der Waals surface area contributed by atoms with Crippen LogP contribution in [0.15, 0.2) is 71.4 Å². The Morgan fingerprint density at radius 1 is 1.14 bits per heavy atom. The summed E-state index contributed by atoms with van der Waals surface area (Å²) in [5.41, 5.74) is 5.46. The summed E-state index contributed by atoms with van der Waals surface area (Å²) in [5, 5.41) is 2.05. The normalized spacial score (nSPS) is 16.6. The van der Waals surface area contributed by atoms with Gasteiger partial charge in [-0.05, 0) is 36.2 Å². The minimum atomic E-state index is -0.177. The molecule has 4 rings (SSSR count). The summed E-state index contributed by atoms with van der Waals surface area (Å²) in [6.07, 6.45) is 1.81. The number of hydrogen-bond acceptors (Lipinski definition) is 4. The van der Waals surface area contributed by atoms with Crippen LogP contribution in [-0.4, -0.2) is 23.6 Å². The maximum absolute atomic E-state index is 12.8. The topological polar surface area (TPSA) is 33.2 Å². The van der Waals surface area contributed by atoms with Gasteiger partial charge in [0.25, 0.3) is 0 Å². The number of aryl methyl sites for hydroxylation is 1. The van der Waals surface area contributed by atoms with E-state index in [2.05, 4.69) is 56.0 Å². The highest BCUT2D eigenvalue weighted by Gasteiger charge is 2.38. The molecule has 0 radical (unpaired) electrons. The van der Waals surface area contributed by atoms with Gasteiger partial charge in [0.15, 0.2) is 5.78 Å². The smallest absolute Gasteiger partial charge is 0.167 e. The number of carbonyl (C=O) groups is 1. The number of para-hydroxylation sites is 2. The molecule has 0 atom stereocenters. The molecule has 0 N–H and O–H groups in total. The highest BCUT2D eigenvalue weighted by atomic mass is 32.2. The Kier molecular flexibility index (Phi) is 4.76. The van der Waals surface area contributed by atoms with Crippen molar-refractivity contribution in [2.45, 2.75) is 31.2 Å². The van der Waals surface area contributed by atoms with Gasteiger partial charge < -0.3 is 4.90 Å². The van der Waals surface area contributed by atoms with Gasteiger partial charge in [0.1, 0.15) is 0 Å². The first-order valence-electron chi connectivity index (χ1n) is 9.45. The molecule has 1 aliphatic rings. The van der Waals surface area contributed by atoms with E-state index in [0.29, 0.717) is 5.75 Å².